The SMILES string of the molecule is Cc1ccc(S(=O)(=O)N2CCCC2C(=O)Nc2sc3c(c2C#N)CCC3)cc1. The highest BCUT2D eigenvalue weighted by atomic mass is 32.2. The fourth-order valence-electron chi connectivity index (χ4n) is 3.94. The number of carbonyl (C=O) groups excluding carboxylic acids is 1. The number of thiophene rings is 1. The number of nitrogens with one attached hydrogen (secondary N) is 1. The molecule has 2 aromatic rings. The maximum absolute atomic E-state index is 13.0. The first kappa shape index (κ1) is 19.1. The van der Waals surface area contributed by atoms with Crippen molar-refractivity contribution in [3.63, 3.8) is 0 Å². The van der Waals surface area contributed by atoms with Gasteiger partial charge in [0, 0.05) is 11.4 Å². The number of aryl methyl sites for hydroxylation is 2. The van der Waals surface area contributed by atoms with Crippen molar-refractivity contribution < 1.29 is 13.2 Å². The van der Waals surface area contributed by atoms with Crippen molar-refractivity contribution in [2.24, 2.45) is 0 Å². The van der Waals surface area contributed by atoms with Crippen molar-refractivity contribution in [1.29, 1.82) is 5.26 Å². The first-order valence-electron chi connectivity index (χ1n) is 9.36. The monoisotopic (exact) mass is 415 g/mol. The van der Waals surface area contributed by atoms with Gasteiger partial charge in [-0.3, -0.25) is 4.79 Å². The molecule has 1 aliphatic heterocycles. The van der Waals surface area contributed by atoms with Crippen LogP contribution >= 0.6 is 11.3 Å². The lowest BCUT2D eigenvalue weighted by atomic mass is 10.1. The number of nitrogens with zero attached hydrogens (tertiary/aromatic N) is 2. The predicted molar refractivity (Wildman–Crippen MR) is 108 cm³/mol. The number of hydrogen-bond donors (Lipinski definition) is 1. The number of rotatable bonds is 4. The Kier molecular flexibility index (Phi) is 5.00. The van der Waals surface area contributed by atoms with Gasteiger partial charge in [0.1, 0.15) is 17.1 Å². The number of sulfonamides is 1. The van der Waals surface area contributed by atoms with Crippen LogP contribution in [0.2, 0.25) is 0 Å². The molecule has 1 fully saturated rings. The predicted octanol–water partition coefficient (Wildman–Crippen LogP) is 3.21. The Morgan fingerprint density at radius 2 is 2.00 bits per heavy atom. The van der Waals surface area contributed by atoms with Crippen LogP contribution in [0.5, 0.6) is 0 Å². The maximum atomic E-state index is 13.0. The van der Waals surface area contributed by atoms with E-state index in [-0.39, 0.29) is 10.8 Å². The zero-order valence-corrected chi connectivity index (χ0v) is 17.2. The van der Waals surface area contributed by atoms with Crippen LogP contribution in [0.3, 0.4) is 0 Å². The summed E-state index contributed by atoms with van der Waals surface area (Å²) in [5.41, 5.74) is 2.56. The molecule has 2 aliphatic rings. The Labute approximate surface area is 168 Å². The molecule has 28 heavy (non-hydrogen) atoms. The lowest BCUT2D eigenvalue weighted by molar-refractivity contribution is -0.119. The molecule has 4 rings (SSSR count). The van der Waals surface area contributed by atoms with Crippen molar-refractivity contribution >= 4 is 32.3 Å². The van der Waals surface area contributed by atoms with Crippen LogP contribution in [0, 0.1) is 18.3 Å². The Bertz CT molecular complexity index is 1070. The maximum Gasteiger partial charge on any atom is 0.243 e. The van der Waals surface area contributed by atoms with Crippen LogP contribution in [0.4, 0.5) is 5.00 Å². The van der Waals surface area contributed by atoms with E-state index < -0.39 is 16.1 Å². The molecule has 1 aromatic heterocycles. The molecule has 1 aromatic carbocycles. The van der Waals surface area contributed by atoms with E-state index in [4.69, 9.17) is 0 Å². The topological polar surface area (TPSA) is 90.3 Å². The minimum Gasteiger partial charge on any atom is -0.315 e. The smallest absolute Gasteiger partial charge is 0.243 e. The van der Waals surface area contributed by atoms with E-state index in [0.29, 0.717) is 30.0 Å². The van der Waals surface area contributed by atoms with Crippen molar-refractivity contribution in [1.82, 2.24) is 4.31 Å². The fourth-order valence-corrected chi connectivity index (χ4v) is 6.84. The highest BCUT2D eigenvalue weighted by Gasteiger charge is 2.40. The van der Waals surface area contributed by atoms with E-state index >= 15 is 0 Å². The van der Waals surface area contributed by atoms with Gasteiger partial charge in [-0.15, -0.1) is 11.3 Å². The van der Waals surface area contributed by atoms with Crippen LogP contribution in [-0.2, 0) is 27.7 Å². The molecule has 0 bridgehead atoms. The Morgan fingerprint density at radius 1 is 1.25 bits per heavy atom. The summed E-state index contributed by atoms with van der Waals surface area (Å²) in [6, 6.07) is 8.12. The van der Waals surface area contributed by atoms with Crippen molar-refractivity contribution in [2.75, 3.05) is 11.9 Å². The average molecular weight is 416 g/mol. The minimum absolute atomic E-state index is 0.200. The number of carbonyl (C=O) groups is 1. The van der Waals surface area contributed by atoms with Crippen LogP contribution in [0.1, 0.15) is 40.8 Å². The molecule has 1 aliphatic carbocycles. The lowest BCUT2D eigenvalue weighted by Crippen LogP contribution is -2.43. The molecule has 2 heterocycles. The third-order valence-electron chi connectivity index (χ3n) is 5.40. The number of anilines is 1. The lowest BCUT2D eigenvalue weighted by Gasteiger charge is -2.23. The summed E-state index contributed by atoms with van der Waals surface area (Å²) >= 11 is 1.44. The second-order valence-electron chi connectivity index (χ2n) is 7.25. The summed E-state index contributed by atoms with van der Waals surface area (Å²) in [6.07, 6.45) is 3.94. The molecule has 0 spiro atoms. The zero-order valence-electron chi connectivity index (χ0n) is 15.6. The van der Waals surface area contributed by atoms with E-state index in [1.54, 1.807) is 24.3 Å². The van der Waals surface area contributed by atoms with Gasteiger partial charge in [-0.1, -0.05) is 17.7 Å². The Hall–Kier alpha value is -2.21. The number of amides is 1. The van der Waals surface area contributed by atoms with Crippen LogP contribution in [0.25, 0.3) is 0 Å². The Morgan fingerprint density at radius 3 is 2.71 bits per heavy atom. The van der Waals surface area contributed by atoms with E-state index in [1.165, 1.54) is 15.6 Å². The third-order valence-corrected chi connectivity index (χ3v) is 8.53. The standard InChI is InChI=1S/C20H21N3O3S2/c1-13-7-9-14(10-8-13)28(25,26)23-11-3-5-17(23)19(24)22-20-16(12-21)15-4-2-6-18(15)27-20/h7-10,17H,2-6,11H2,1H3,(H,22,24). The van der Waals surface area contributed by atoms with E-state index in [2.05, 4.69) is 11.4 Å². The van der Waals surface area contributed by atoms with Gasteiger partial charge in [0.2, 0.25) is 15.9 Å². The van der Waals surface area contributed by atoms with Gasteiger partial charge in [0.05, 0.1) is 10.5 Å². The van der Waals surface area contributed by atoms with Gasteiger partial charge in [-0.05, 0) is 56.7 Å². The van der Waals surface area contributed by atoms with Crippen molar-refractivity contribution in [2.45, 2.75) is 50.0 Å². The van der Waals surface area contributed by atoms with Gasteiger partial charge in [0.25, 0.3) is 0 Å². The second-order valence-corrected chi connectivity index (χ2v) is 10.2. The summed E-state index contributed by atoms with van der Waals surface area (Å²) in [7, 11) is -3.74. The molecule has 0 radical (unpaired) electrons. The summed E-state index contributed by atoms with van der Waals surface area (Å²) < 4.78 is 27.4. The quantitative estimate of drug-likeness (QED) is 0.830. The van der Waals surface area contributed by atoms with Crippen LogP contribution < -0.4 is 5.32 Å². The van der Waals surface area contributed by atoms with Crippen molar-refractivity contribution in [3.8, 4) is 6.07 Å². The van der Waals surface area contributed by atoms with Gasteiger partial charge < -0.3 is 5.32 Å². The average Bonchev–Trinajstić information content (AvgIpc) is 3.37. The number of fused-ring (bicyclic) bond motifs is 1. The normalized spacial score (nSPS) is 19.4. The van der Waals surface area contributed by atoms with Crippen LogP contribution in [-0.4, -0.2) is 31.2 Å². The number of benzene rings is 1. The second kappa shape index (κ2) is 7.32. The molecule has 1 saturated heterocycles. The molecule has 146 valence electrons. The summed E-state index contributed by atoms with van der Waals surface area (Å²) in [5, 5.41) is 12.9. The highest BCUT2D eigenvalue weighted by Crippen LogP contribution is 2.39. The molecular formula is C20H21N3O3S2. The summed E-state index contributed by atoms with van der Waals surface area (Å²) in [6.45, 7) is 2.22. The first-order chi connectivity index (χ1) is 13.4. The molecule has 1 N–H and O–H groups in total. The number of nitriles is 1. The molecule has 1 unspecified atom stereocenters. The van der Waals surface area contributed by atoms with Gasteiger partial charge in [0.15, 0.2) is 0 Å². The highest BCUT2D eigenvalue weighted by molar-refractivity contribution is 7.89. The van der Waals surface area contributed by atoms with E-state index in [0.717, 1.165) is 35.3 Å². The van der Waals surface area contributed by atoms with Crippen LogP contribution in [0.15, 0.2) is 29.2 Å². The molecule has 1 atom stereocenters. The Balaban J connectivity index is 1.58. The molecule has 0 saturated carbocycles. The molecular weight excluding hydrogens is 394 g/mol. The third kappa shape index (κ3) is 3.24. The molecule has 8 heteroatoms. The largest absolute Gasteiger partial charge is 0.315 e. The van der Waals surface area contributed by atoms with E-state index in [1.807, 2.05) is 6.92 Å². The fraction of sp³-hybridized carbons (Fsp3) is 0.400. The zero-order chi connectivity index (χ0) is 19.9. The summed E-state index contributed by atoms with van der Waals surface area (Å²) in [4.78, 5) is 14.3. The van der Waals surface area contributed by atoms with Gasteiger partial charge >= 0.3 is 0 Å². The first-order valence-corrected chi connectivity index (χ1v) is 11.6. The van der Waals surface area contributed by atoms with Gasteiger partial charge in [-0.2, -0.15) is 9.57 Å². The minimum atomic E-state index is -3.74. The van der Waals surface area contributed by atoms with E-state index in [9.17, 15) is 18.5 Å². The summed E-state index contributed by atoms with van der Waals surface area (Å²) in [5.74, 6) is -0.357. The molecule has 1 amide bonds. The van der Waals surface area contributed by atoms with Crippen molar-refractivity contribution in [3.05, 3.63) is 45.8 Å². The number of hydrogen-bond acceptors (Lipinski definition) is 5. The van der Waals surface area contributed by atoms with Gasteiger partial charge in [-0.25, -0.2) is 8.42 Å². The molecule has 6 nitrogen and oxygen atoms in total.